The SMILES string of the molecule is COc1ccc(CN(c2nccs2)S(=O)(=O)c2ccc(OC(=O)N3CCCC3)c(Cl)c2)c(OC)c1. The van der Waals surface area contributed by atoms with Crippen molar-refractivity contribution in [3.05, 3.63) is 58.6 Å². The number of carbonyl (C=O) groups excluding carboxylic acids is 1. The van der Waals surface area contributed by atoms with E-state index in [0.717, 1.165) is 12.8 Å². The zero-order valence-electron chi connectivity index (χ0n) is 19.1. The average molecular weight is 538 g/mol. The van der Waals surface area contributed by atoms with E-state index in [2.05, 4.69) is 4.98 Å². The third-order valence-corrected chi connectivity index (χ3v) is 8.43. The number of amides is 1. The number of hydrogen-bond donors (Lipinski definition) is 0. The second-order valence-electron chi connectivity index (χ2n) is 7.66. The number of carbonyl (C=O) groups is 1. The lowest BCUT2D eigenvalue weighted by molar-refractivity contribution is 0.163. The van der Waals surface area contributed by atoms with Gasteiger partial charge in [-0.15, -0.1) is 11.3 Å². The summed E-state index contributed by atoms with van der Waals surface area (Å²) in [5.74, 6) is 1.16. The quantitative estimate of drug-likeness (QED) is 0.407. The van der Waals surface area contributed by atoms with Crippen LogP contribution in [-0.4, -0.2) is 51.7 Å². The van der Waals surface area contributed by atoms with Gasteiger partial charge in [0, 0.05) is 36.3 Å². The Bertz CT molecular complexity index is 1290. The second-order valence-corrected chi connectivity index (χ2v) is 10.8. The molecule has 2 aromatic carbocycles. The van der Waals surface area contributed by atoms with Gasteiger partial charge in [0.05, 0.1) is 30.7 Å². The Labute approximate surface area is 212 Å². The van der Waals surface area contributed by atoms with Crippen LogP contribution in [0.2, 0.25) is 5.02 Å². The number of ether oxygens (including phenoxy) is 3. The van der Waals surface area contributed by atoms with Crippen molar-refractivity contribution in [2.75, 3.05) is 31.6 Å². The molecule has 0 radical (unpaired) electrons. The molecule has 1 aliphatic rings. The number of hydrogen-bond acceptors (Lipinski definition) is 8. The Hall–Kier alpha value is -3.02. The minimum atomic E-state index is -4.09. The van der Waals surface area contributed by atoms with Crippen LogP contribution in [0.25, 0.3) is 0 Å². The third kappa shape index (κ3) is 5.47. The molecule has 1 fully saturated rings. The smallest absolute Gasteiger partial charge is 0.415 e. The standard InChI is InChI=1S/C23H24ClN3O6S2/c1-31-17-6-5-16(21(13-17)32-2)15-27(22-25-9-12-34-22)35(29,30)18-7-8-20(19(24)14-18)33-23(28)26-10-3-4-11-26/h5-9,12-14H,3-4,10-11,15H2,1-2H3. The maximum Gasteiger partial charge on any atom is 0.415 e. The first-order chi connectivity index (χ1) is 16.8. The summed E-state index contributed by atoms with van der Waals surface area (Å²) >= 11 is 7.52. The Balaban J connectivity index is 1.64. The summed E-state index contributed by atoms with van der Waals surface area (Å²) in [4.78, 5) is 18.0. The first-order valence-corrected chi connectivity index (χ1v) is 13.4. The number of halogens is 1. The summed E-state index contributed by atoms with van der Waals surface area (Å²) < 4.78 is 44.7. The molecular weight excluding hydrogens is 514 g/mol. The van der Waals surface area contributed by atoms with E-state index in [1.807, 2.05) is 0 Å². The van der Waals surface area contributed by atoms with E-state index in [4.69, 9.17) is 25.8 Å². The summed E-state index contributed by atoms with van der Waals surface area (Å²) in [7, 11) is -1.05. The highest BCUT2D eigenvalue weighted by molar-refractivity contribution is 7.93. The molecule has 1 amide bonds. The number of thiazole rings is 1. The van der Waals surface area contributed by atoms with Gasteiger partial charge in [0.1, 0.15) is 11.5 Å². The molecule has 186 valence electrons. The summed E-state index contributed by atoms with van der Waals surface area (Å²) in [6, 6.07) is 9.17. The molecule has 35 heavy (non-hydrogen) atoms. The first-order valence-electron chi connectivity index (χ1n) is 10.7. The van der Waals surface area contributed by atoms with E-state index in [0.29, 0.717) is 30.2 Å². The van der Waals surface area contributed by atoms with E-state index in [1.54, 1.807) is 28.5 Å². The molecule has 0 atom stereocenters. The van der Waals surface area contributed by atoms with Crippen molar-refractivity contribution in [2.24, 2.45) is 0 Å². The van der Waals surface area contributed by atoms with Gasteiger partial charge >= 0.3 is 6.09 Å². The van der Waals surface area contributed by atoms with Crippen LogP contribution in [0.5, 0.6) is 17.2 Å². The maximum absolute atomic E-state index is 13.7. The topological polar surface area (TPSA) is 98.3 Å². The number of sulfonamides is 1. The van der Waals surface area contributed by atoms with E-state index >= 15 is 0 Å². The van der Waals surface area contributed by atoms with Crippen LogP contribution in [0.3, 0.4) is 0 Å². The predicted octanol–water partition coefficient (Wildman–Crippen LogP) is 4.80. The highest BCUT2D eigenvalue weighted by Gasteiger charge is 2.29. The third-order valence-electron chi connectivity index (χ3n) is 5.49. The minimum Gasteiger partial charge on any atom is -0.497 e. The van der Waals surface area contributed by atoms with Crippen molar-refractivity contribution < 1.29 is 27.4 Å². The van der Waals surface area contributed by atoms with Crippen LogP contribution in [0.1, 0.15) is 18.4 Å². The molecule has 2 heterocycles. The number of benzene rings is 2. The first kappa shape index (κ1) is 25.1. The van der Waals surface area contributed by atoms with E-state index in [1.165, 1.54) is 54.3 Å². The van der Waals surface area contributed by atoms with Crippen molar-refractivity contribution >= 4 is 44.2 Å². The lowest BCUT2D eigenvalue weighted by Crippen LogP contribution is -2.31. The molecule has 3 aromatic rings. The van der Waals surface area contributed by atoms with Gasteiger partial charge in [-0.2, -0.15) is 0 Å². The largest absolute Gasteiger partial charge is 0.497 e. The summed E-state index contributed by atoms with van der Waals surface area (Å²) in [6.45, 7) is 1.22. The maximum atomic E-state index is 13.7. The molecule has 1 saturated heterocycles. The fourth-order valence-electron chi connectivity index (χ4n) is 3.64. The highest BCUT2D eigenvalue weighted by atomic mass is 35.5. The van der Waals surface area contributed by atoms with Crippen LogP contribution < -0.4 is 18.5 Å². The number of likely N-dealkylation sites (tertiary alicyclic amines) is 1. The van der Waals surface area contributed by atoms with Crippen molar-refractivity contribution in [3.8, 4) is 17.2 Å². The van der Waals surface area contributed by atoms with Crippen molar-refractivity contribution in [2.45, 2.75) is 24.3 Å². The molecular formula is C23H24ClN3O6S2. The average Bonchev–Trinajstić information content (AvgIpc) is 3.58. The van der Waals surface area contributed by atoms with Gasteiger partial charge in [-0.3, -0.25) is 0 Å². The zero-order chi connectivity index (χ0) is 25.0. The predicted molar refractivity (Wildman–Crippen MR) is 133 cm³/mol. The molecule has 0 saturated carbocycles. The lowest BCUT2D eigenvalue weighted by atomic mass is 10.2. The van der Waals surface area contributed by atoms with Gasteiger partial charge < -0.3 is 19.1 Å². The van der Waals surface area contributed by atoms with Gasteiger partial charge in [-0.25, -0.2) is 22.5 Å². The van der Waals surface area contributed by atoms with Crippen LogP contribution in [-0.2, 0) is 16.6 Å². The van der Waals surface area contributed by atoms with Crippen molar-refractivity contribution in [1.29, 1.82) is 0 Å². The normalized spacial score (nSPS) is 13.5. The summed E-state index contributed by atoms with van der Waals surface area (Å²) in [5, 5.41) is 1.99. The van der Waals surface area contributed by atoms with Crippen LogP contribution in [0.4, 0.5) is 9.93 Å². The van der Waals surface area contributed by atoms with E-state index in [9.17, 15) is 13.2 Å². The number of anilines is 1. The van der Waals surface area contributed by atoms with Gasteiger partial charge in [-0.1, -0.05) is 11.6 Å². The molecule has 0 aliphatic carbocycles. The molecule has 0 spiro atoms. The lowest BCUT2D eigenvalue weighted by Gasteiger charge is -2.23. The second kappa shape index (κ2) is 10.7. The van der Waals surface area contributed by atoms with E-state index < -0.39 is 16.1 Å². The van der Waals surface area contributed by atoms with Crippen LogP contribution in [0, 0.1) is 0 Å². The van der Waals surface area contributed by atoms with Crippen molar-refractivity contribution in [1.82, 2.24) is 9.88 Å². The Morgan fingerprint density at radius 2 is 1.89 bits per heavy atom. The van der Waals surface area contributed by atoms with Crippen LogP contribution >= 0.6 is 22.9 Å². The Morgan fingerprint density at radius 1 is 1.11 bits per heavy atom. The zero-order valence-corrected chi connectivity index (χ0v) is 21.5. The Kier molecular flexibility index (Phi) is 7.68. The fraction of sp³-hybridized carbons (Fsp3) is 0.304. The molecule has 9 nitrogen and oxygen atoms in total. The van der Waals surface area contributed by atoms with Gasteiger partial charge in [0.2, 0.25) is 0 Å². The van der Waals surface area contributed by atoms with Gasteiger partial charge in [-0.05, 0) is 43.2 Å². The summed E-state index contributed by atoms with van der Waals surface area (Å²) in [6.07, 6.45) is 2.87. The molecule has 4 rings (SSSR count). The molecule has 0 unspecified atom stereocenters. The number of rotatable bonds is 8. The molecule has 0 N–H and O–H groups in total. The monoisotopic (exact) mass is 537 g/mol. The fourth-order valence-corrected chi connectivity index (χ4v) is 6.22. The molecule has 12 heteroatoms. The van der Waals surface area contributed by atoms with Gasteiger partial charge in [0.25, 0.3) is 10.0 Å². The van der Waals surface area contributed by atoms with Crippen molar-refractivity contribution in [3.63, 3.8) is 0 Å². The minimum absolute atomic E-state index is 0.0136. The summed E-state index contributed by atoms with van der Waals surface area (Å²) in [5.41, 5.74) is 0.620. The molecule has 1 aliphatic heterocycles. The van der Waals surface area contributed by atoms with Gasteiger partial charge in [0.15, 0.2) is 10.9 Å². The number of methoxy groups -OCH3 is 2. The number of aromatic nitrogens is 1. The number of nitrogens with zero attached hydrogens (tertiary/aromatic N) is 3. The molecule has 1 aromatic heterocycles. The molecule has 0 bridgehead atoms. The highest BCUT2D eigenvalue weighted by Crippen LogP contribution is 2.34. The Morgan fingerprint density at radius 3 is 2.51 bits per heavy atom. The van der Waals surface area contributed by atoms with Crippen LogP contribution in [0.15, 0.2) is 52.9 Å². The van der Waals surface area contributed by atoms with E-state index in [-0.39, 0.29) is 27.3 Å².